The summed E-state index contributed by atoms with van der Waals surface area (Å²) < 4.78 is 0. The van der Waals surface area contributed by atoms with E-state index in [2.05, 4.69) is 58.2 Å². The summed E-state index contributed by atoms with van der Waals surface area (Å²) in [6, 6.07) is 19.9. The highest BCUT2D eigenvalue weighted by Gasteiger charge is 2.40. The molecule has 0 saturated carbocycles. The standard InChI is InChI=1S/C75H99N15O15S2/c1-42(2)79-37-49-25-23-48(24-26-49)35-62-72(102)89-64(44(4)93)73(103)84-58(34-47-27-29-51(94)30-28-47)70(100)88-63(43(3)92)74(104)86-60(39-91)71(101)87-61(65(78)95)41-107-106-40-53(77)66(96)81-55(22-14-15-31-76)67(97)82-56(32-45-16-8-6-9-17-45)68(98)83-57(33-46-18-10-7-11-19-46)69(99)85-59(75(105)90(62)5)36-50-38-80-54-21-13-12-20-52(50)54/h6-13,16-21,23-30,38,42-44,53,55-64,79-80,91-94H,14-15,22,31-37,39-41,76-77H2,1-5H3,(H2,78,95)(H,81,96)(H,82,97)(H,83,98)(H,84,103)(H,85,99)(H,86,104)(H,87,101)(H,88,100)(H,89,102)/t43-,44-,53+,55+,56+,57+,58+,59-,60+,61+,62+,63+,64+/m1/s1. The number of aromatic hydroxyl groups is 1. The third-order valence-electron chi connectivity index (χ3n) is 17.9. The molecule has 0 radical (unpaired) electrons. The van der Waals surface area contributed by atoms with Gasteiger partial charge in [0.25, 0.3) is 0 Å². The number of aliphatic hydroxyl groups excluding tert-OH is 3. The van der Waals surface area contributed by atoms with Crippen LogP contribution < -0.4 is 70.4 Å². The Morgan fingerprint density at radius 1 is 0.514 bits per heavy atom. The Kier molecular flexibility index (Phi) is 33.0. The Labute approximate surface area is 628 Å². The van der Waals surface area contributed by atoms with E-state index in [1.807, 2.05) is 38.1 Å². The normalized spacial score (nSPS) is 23.7. The maximum absolute atomic E-state index is 15.9. The predicted octanol–water partition coefficient (Wildman–Crippen LogP) is -0.835. The Hall–Kier alpha value is -9.93. The van der Waals surface area contributed by atoms with Crippen LogP contribution in [0, 0.1) is 0 Å². The van der Waals surface area contributed by atoms with Crippen molar-refractivity contribution in [3.05, 3.63) is 173 Å². The molecule has 21 N–H and O–H groups in total. The lowest BCUT2D eigenvalue weighted by atomic mass is 9.98. The van der Waals surface area contributed by atoms with Gasteiger partial charge >= 0.3 is 0 Å². The Morgan fingerprint density at radius 3 is 1.50 bits per heavy atom. The second kappa shape index (κ2) is 41.8. The second-order valence-corrected chi connectivity index (χ2v) is 29.3. The second-order valence-electron chi connectivity index (χ2n) is 26.8. The van der Waals surface area contributed by atoms with Crippen molar-refractivity contribution >= 4 is 97.5 Å². The molecule has 1 aromatic heterocycles. The van der Waals surface area contributed by atoms with E-state index >= 15 is 19.2 Å². The van der Waals surface area contributed by atoms with Gasteiger partial charge in [0, 0.05) is 80.3 Å². The molecule has 1 aliphatic rings. The molecule has 32 heteroatoms. The molecule has 107 heavy (non-hydrogen) atoms. The topological polar surface area (TPSA) is 486 Å². The molecule has 0 aliphatic carbocycles. The molecule has 6 aromatic rings. The minimum absolute atomic E-state index is 0.0377. The number of carbonyl (C=O) groups is 11. The van der Waals surface area contributed by atoms with Crippen molar-refractivity contribution in [1.29, 1.82) is 0 Å². The zero-order chi connectivity index (χ0) is 77.9. The first kappa shape index (κ1) is 84.3. The highest BCUT2D eigenvalue weighted by Crippen LogP contribution is 2.25. The zero-order valence-corrected chi connectivity index (χ0v) is 62.0. The number of amides is 11. The number of benzene rings is 5. The van der Waals surface area contributed by atoms with E-state index < -0.39 is 150 Å². The molecule has 30 nitrogen and oxygen atoms in total. The molecule has 2 heterocycles. The van der Waals surface area contributed by atoms with Crippen LogP contribution in [0.2, 0.25) is 0 Å². The fourth-order valence-corrected chi connectivity index (χ4v) is 14.0. The van der Waals surface area contributed by atoms with Crippen LogP contribution in [0.25, 0.3) is 10.9 Å². The van der Waals surface area contributed by atoms with E-state index in [-0.39, 0.29) is 68.4 Å². The first-order chi connectivity index (χ1) is 51.1. The highest BCUT2D eigenvalue weighted by molar-refractivity contribution is 8.76. The van der Waals surface area contributed by atoms with Gasteiger partial charge in [-0.05, 0) is 91.2 Å². The number of rotatable bonds is 21. The van der Waals surface area contributed by atoms with Crippen LogP contribution in [0.3, 0.4) is 0 Å². The number of nitrogens with zero attached hydrogens (tertiary/aromatic N) is 1. The maximum atomic E-state index is 15.9. The van der Waals surface area contributed by atoms with Crippen molar-refractivity contribution in [2.24, 2.45) is 17.2 Å². The summed E-state index contributed by atoms with van der Waals surface area (Å²) in [4.78, 5) is 165. The molecular formula is C75H99N15O15S2. The molecule has 0 spiro atoms. The summed E-state index contributed by atoms with van der Waals surface area (Å²) in [6.45, 7) is 5.92. The number of aromatic amines is 1. The van der Waals surface area contributed by atoms with Gasteiger partial charge in [0.1, 0.15) is 66.2 Å². The van der Waals surface area contributed by atoms with Crippen LogP contribution in [0.15, 0.2) is 140 Å². The van der Waals surface area contributed by atoms with Crippen LogP contribution in [-0.2, 0) is 91.4 Å². The van der Waals surface area contributed by atoms with Gasteiger partial charge in [0.05, 0.1) is 24.9 Å². The van der Waals surface area contributed by atoms with Crippen LogP contribution in [0.4, 0.5) is 0 Å². The number of carbonyl (C=O) groups excluding carboxylic acids is 11. The Balaban J connectivity index is 1.34. The highest BCUT2D eigenvalue weighted by atomic mass is 33.1. The number of aliphatic hydroxyl groups is 3. The summed E-state index contributed by atoms with van der Waals surface area (Å²) in [5.74, 6) is -11.4. The molecule has 1 saturated heterocycles. The molecule has 13 atom stereocenters. The van der Waals surface area contributed by atoms with E-state index in [1.165, 1.54) is 38.2 Å². The molecule has 1 fully saturated rings. The summed E-state index contributed by atoms with van der Waals surface area (Å²) in [5, 5.41) is 70.7. The number of nitrogens with one attached hydrogen (secondary N) is 11. The van der Waals surface area contributed by atoms with E-state index in [9.17, 15) is 54.0 Å². The lowest BCUT2D eigenvalue weighted by Crippen LogP contribution is -2.63. The number of phenolic OH excluding ortho intramolecular Hbond substituents is 1. The van der Waals surface area contributed by atoms with Crippen molar-refractivity contribution in [1.82, 2.24) is 63.1 Å². The van der Waals surface area contributed by atoms with E-state index in [1.54, 1.807) is 91.1 Å². The van der Waals surface area contributed by atoms with Gasteiger partial charge in [-0.15, -0.1) is 0 Å². The monoisotopic (exact) mass is 1510 g/mol. The number of nitrogens with two attached hydrogens (primary N) is 3. The van der Waals surface area contributed by atoms with Crippen LogP contribution in [0.1, 0.15) is 80.3 Å². The van der Waals surface area contributed by atoms with E-state index in [0.717, 1.165) is 39.0 Å². The number of aromatic nitrogens is 1. The van der Waals surface area contributed by atoms with Gasteiger partial charge < -0.3 is 101 Å². The summed E-state index contributed by atoms with van der Waals surface area (Å²) in [6.07, 6.45) is -2.12. The van der Waals surface area contributed by atoms with Crippen LogP contribution in [0.5, 0.6) is 5.75 Å². The van der Waals surface area contributed by atoms with Gasteiger partial charge in [-0.25, -0.2) is 0 Å². The summed E-state index contributed by atoms with van der Waals surface area (Å²) >= 11 is 0. The minimum Gasteiger partial charge on any atom is -0.508 e. The zero-order valence-electron chi connectivity index (χ0n) is 60.3. The third kappa shape index (κ3) is 25.9. The Bertz CT molecular complexity index is 3970. The number of hydrogen-bond donors (Lipinski definition) is 18. The average molecular weight is 1510 g/mol. The summed E-state index contributed by atoms with van der Waals surface area (Å²) in [7, 11) is 3.28. The number of hydrogen-bond acceptors (Lipinski definition) is 20. The van der Waals surface area contributed by atoms with Crippen LogP contribution >= 0.6 is 21.6 Å². The first-order valence-corrected chi connectivity index (χ1v) is 37.8. The molecule has 7 rings (SSSR count). The maximum Gasteiger partial charge on any atom is 0.245 e. The van der Waals surface area contributed by atoms with E-state index in [4.69, 9.17) is 17.2 Å². The average Bonchev–Trinajstić information content (AvgIpc) is 1.78. The molecule has 0 bridgehead atoms. The number of para-hydroxylation sites is 1. The third-order valence-corrected chi connectivity index (χ3v) is 20.4. The van der Waals surface area contributed by atoms with Gasteiger partial charge in [0.2, 0.25) is 65.0 Å². The molecule has 5 aromatic carbocycles. The number of likely N-dealkylation sites (N-methyl/N-ethyl adjacent to an activating group) is 1. The van der Waals surface area contributed by atoms with Crippen molar-refractivity contribution in [3.63, 3.8) is 0 Å². The number of H-pyrrole nitrogens is 1. The van der Waals surface area contributed by atoms with Crippen molar-refractivity contribution in [3.8, 4) is 5.75 Å². The van der Waals surface area contributed by atoms with Crippen LogP contribution in [-0.4, -0.2) is 212 Å². The van der Waals surface area contributed by atoms with Crippen molar-refractivity contribution < 1.29 is 73.2 Å². The summed E-state index contributed by atoms with van der Waals surface area (Å²) in [5.41, 5.74) is 22.1. The largest absolute Gasteiger partial charge is 0.508 e. The van der Waals surface area contributed by atoms with Gasteiger partial charge in [0.15, 0.2) is 0 Å². The van der Waals surface area contributed by atoms with Gasteiger partial charge in [-0.3, -0.25) is 52.7 Å². The predicted molar refractivity (Wildman–Crippen MR) is 406 cm³/mol. The first-order valence-electron chi connectivity index (χ1n) is 35.3. The fraction of sp³-hybridized carbons (Fsp3) is 0.427. The number of phenols is 1. The molecule has 576 valence electrons. The smallest absolute Gasteiger partial charge is 0.245 e. The number of fused-ring (bicyclic) bond motifs is 1. The van der Waals surface area contributed by atoms with Gasteiger partial charge in [-0.1, -0.05) is 151 Å². The van der Waals surface area contributed by atoms with Gasteiger partial charge in [-0.2, -0.15) is 0 Å². The van der Waals surface area contributed by atoms with E-state index in [0.29, 0.717) is 58.1 Å². The molecule has 0 unspecified atom stereocenters. The quantitative estimate of drug-likeness (QED) is 0.0309. The lowest BCUT2D eigenvalue weighted by Gasteiger charge is -2.33. The Morgan fingerprint density at radius 2 is 0.963 bits per heavy atom. The number of primary amides is 1. The molecule has 1 aliphatic heterocycles. The van der Waals surface area contributed by atoms with Crippen molar-refractivity contribution in [2.75, 3.05) is 31.7 Å². The van der Waals surface area contributed by atoms with Crippen molar-refractivity contribution in [2.45, 2.75) is 170 Å². The minimum atomic E-state index is -1.93. The fourth-order valence-electron chi connectivity index (χ4n) is 11.7. The molecule has 11 amide bonds. The lowest BCUT2D eigenvalue weighted by molar-refractivity contribution is -0.143. The molecular weight excluding hydrogens is 1420 g/mol. The number of unbranched alkanes of at least 4 members (excludes halogenated alkanes) is 1. The SMILES string of the molecule is CC(C)NCc1ccc(C[C@H]2C(=O)N[C@@H]([C@@H](C)O)C(=O)N[C@@H](Cc3ccc(O)cc3)C(=O)N[C@@H]([C@@H](C)O)C(=O)N[C@@H](CO)C(=O)N[C@H](C(N)=O)CSSC[C@H](N)C(=O)N[C@@H](CCCCN)C(=O)N[C@@H](Cc3ccccc3)C(=O)N[C@@H](Cc3ccccc3)C(=O)N[C@H](Cc3c[nH]c4ccccc34)C(=O)N2C)cc1.